The summed E-state index contributed by atoms with van der Waals surface area (Å²) in [7, 11) is 0. The van der Waals surface area contributed by atoms with Crippen LogP contribution in [-0.4, -0.2) is 32.8 Å². The fraction of sp³-hybridized carbons (Fsp3) is 0.0500. The summed E-state index contributed by atoms with van der Waals surface area (Å²) in [5.74, 6) is -2.40. The number of amides is 3. The number of hydrogen-bond acceptors (Lipinski definition) is 8. The Bertz CT molecular complexity index is 1370. The van der Waals surface area contributed by atoms with Gasteiger partial charge in [-0.2, -0.15) is 5.01 Å². The van der Waals surface area contributed by atoms with E-state index >= 15 is 0 Å². The van der Waals surface area contributed by atoms with Gasteiger partial charge in [-0.05, 0) is 36.5 Å². The molecule has 0 bridgehead atoms. The summed E-state index contributed by atoms with van der Waals surface area (Å²) in [6.45, 7) is 0. The maximum atomic E-state index is 12.8. The molecule has 0 radical (unpaired) electrons. The van der Waals surface area contributed by atoms with Gasteiger partial charge in [0.25, 0.3) is 17.5 Å². The summed E-state index contributed by atoms with van der Waals surface area (Å²) in [5.41, 5.74) is 0.870. The summed E-state index contributed by atoms with van der Waals surface area (Å²) in [6, 6.07) is 12.9. The van der Waals surface area contributed by atoms with E-state index in [-0.39, 0.29) is 21.8 Å². The Morgan fingerprint density at radius 3 is 2.47 bits per heavy atom. The van der Waals surface area contributed by atoms with Gasteiger partial charge in [-0.25, -0.2) is 4.79 Å². The second-order valence-corrected chi connectivity index (χ2v) is 6.99. The molecule has 2 aromatic carbocycles. The molecule has 1 saturated heterocycles. The van der Waals surface area contributed by atoms with E-state index in [0.29, 0.717) is 10.7 Å². The van der Waals surface area contributed by atoms with Crippen molar-refractivity contribution in [1.29, 1.82) is 0 Å². The number of fused-ring (bicyclic) bond motifs is 1. The first kappa shape index (κ1) is 20.8. The first-order chi connectivity index (χ1) is 15.3. The number of hydrogen-bond donors (Lipinski definition) is 1. The molecule has 1 N–H and O–H groups in total. The molecule has 32 heavy (non-hydrogen) atoms. The van der Waals surface area contributed by atoms with Gasteiger partial charge in [0.2, 0.25) is 11.0 Å². The fourth-order valence-corrected chi connectivity index (χ4v) is 3.44. The van der Waals surface area contributed by atoms with E-state index in [2.05, 4.69) is 5.43 Å². The molecule has 3 amide bonds. The van der Waals surface area contributed by atoms with Crippen molar-refractivity contribution < 1.29 is 23.7 Å². The van der Waals surface area contributed by atoms with Crippen molar-refractivity contribution in [2.45, 2.75) is 6.42 Å². The Morgan fingerprint density at radius 1 is 1.06 bits per heavy atom. The summed E-state index contributed by atoms with van der Waals surface area (Å²) in [5, 5.41) is 11.5. The zero-order valence-electron chi connectivity index (χ0n) is 16.0. The molecule has 3 aromatic rings. The van der Waals surface area contributed by atoms with Crippen LogP contribution in [0, 0.1) is 10.1 Å². The van der Waals surface area contributed by atoms with Crippen LogP contribution < -0.4 is 16.0 Å². The number of nitrogens with zero attached hydrogens (tertiary/aromatic N) is 3. The topological polar surface area (TPSA) is 143 Å². The number of carbonyl (C=O) groups is 3. The Morgan fingerprint density at radius 2 is 1.78 bits per heavy atom. The Kier molecular flexibility index (Phi) is 5.20. The monoisotopic (exact) mass is 452 g/mol. The van der Waals surface area contributed by atoms with Gasteiger partial charge >= 0.3 is 5.63 Å². The number of carbonyl (C=O) groups excluding carboxylic acids is 3. The van der Waals surface area contributed by atoms with Crippen LogP contribution >= 0.6 is 12.2 Å². The third-order valence-electron chi connectivity index (χ3n) is 4.58. The molecule has 4 rings (SSSR count). The maximum Gasteiger partial charge on any atom is 0.349 e. The normalized spacial score (nSPS) is 14.1. The summed E-state index contributed by atoms with van der Waals surface area (Å²) < 4.78 is 5.06. The smallest absolute Gasteiger partial charge is 0.349 e. The zero-order valence-corrected chi connectivity index (χ0v) is 16.8. The number of benzene rings is 2. The first-order valence-corrected chi connectivity index (χ1v) is 9.45. The lowest BCUT2D eigenvalue weighted by molar-refractivity contribution is -0.384. The third kappa shape index (κ3) is 3.70. The average molecular weight is 452 g/mol. The van der Waals surface area contributed by atoms with Crippen LogP contribution in [0.4, 0.5) is 11.4 Å². The molecule has 1 fully saturated rings. The molecule has 1 aliphatic heterocycles. The van der Waals surface area contributed by atoms with Gasteiger partial charge in [-0.1, -0.05) is 18.2 Å². The summed E-state index contributed by atoms with van der Waals surface area (Å²) in [4.78, 5) is 61.2. The molecule has 12 heteroatoms. The number of non-ortho nitro benzene ring substituents is 1. The molecule has 2 heterocycles. The van der Waals surface area contributed by atoms with E-state index < -0.39 is 40.3 Å². The lowest BCUT2D eigenvalue weighted by atomic mass is 10.1. The number of rotatable bonds is 4. The highest BCUT2D eigenvalue weighted by atomic mass is 32.1. The minimum Gasteiger partial charge on any atom is -0.422 e. The lowest BCUT2D eigenvalue weighted by Gasteiger charge is -2.34. The van der Waals surface area contributed by atoms with Crippen molar-refractivity contribution >= 4 is 57.4 Å². The van der Waals surface area contributed by atoms with Crippen LogP contribution in [0.1, 0.15) is 16.8 Å². The quantitative estimate of drug-likeness (QED) is 0.208. The van der Waals surface area contributed by atoms with Gasteiger partial charge in [-0.15, -0.1) is 0 Å². The highest BCUT2D eigenvalue weighted by Gasteiger charge is 2.37. The van der Waals surface area contributed by atoms with Crippen LogP contribution in [0.25, 0.3) is 11.0 Å². The van der Waals surface area contributed by atoms with Gasteiger partial charge < -0.3 is 4.42 Å². The Hall–Kier alpha value is -4.45. The third-order valence-corrected chi connectivity index (χ3v) is 4.95. The van der Waals surface area contributed by atoms with E-state index in [1.807, 2.05) is 0 Å². The molecule has 0 atom stereocenters. The molecular weight excluding hydrogens is 440 g/mol. The van der Waals surface area contributed by atoms with Crippen LogP contribution in [0.3, 0.4) is 0 Å². The van der Waals surface area contributed by atoms with Crippen molar-refractivity contribution in [3.8, 4) is 0 Å². The lowest BCUT2D eigenvalue weighted by Crippen LogP contribution is -2.61. The number of anilines is 1. The standard InChI is InChI=1S/C20H12N4O7S/c25-16-10-17(26)23(20(32)22(16)12-4-2-1-3-5-12)21-18(27)14-9-11-8-13(24(29)30)6-7-15(11)31-19(14)28/h1-9H,10H2,(H,21,27). The molecular formula is C20H12N4O7S. The molecule has 160 valence electrons. The van der Waals surface area contributed by atoms with Gasteiger partial charge in [0, 0.05) is 17.5 Å². The van der Waals surface area contributed by atoms with Crippen LogP contribution in [-0.2, 0) is 9.59 Å². The van der Waals surface area contributed by atoms with Crippen molar-refractivity contribution in [2.24, 2.45) is 0 Å². The van der Waals surface area contributed by atoms with Crippen molar-refractivity contribution in [2.75, 3.05) is 4.90 Å². The molecule has 11 nitrogen and oxygen atoms in total. The average Bonchev–Trinajstić information content (AvgIpc) is 2.76. The van der Waals surface area contributed by atoms with Crippen molar-refractivity contribution in [1.82, 2.24) is 10.4 Å². The Balaban J connectivity index is 1.66. The van der Waals surface area contributed by atoms with E-state index in [4.69, 9.17) is 16.6 Å². The SMILES string of the molecule is O=C(NN1C(=O)CC(=O)N(c2ccccc2)C1=S)c1cc2cc([N+](=O)[O-])ccc2oc1=O. The first-order valence-electron chi connectivity index (χ1n) is 9.04. The molecule has 1 aromatic heterocycles. The van der Waals surface area contributed by atoms with Gasteiger partial charge in [-0.3, -0.25) is 34.8 Å². The van der Waals surface area contributed by atoms with Crippen molar-refractivity contribution in [3.63, 3.8) is 0 Å². The number of hydrazine groups is 1. The largest absolute Gasteiger partial charge is 0.422 e. The van der Waals surface area contributed by atoms with E-state index in [0.717, 1.165) is 23.1 Å². The molecule has 0 aliphatic carbocycles. The molecule has 0 saturated carbocycles. The number of thiocarbonyl (C=S) groups is 1. The number of nitrogens with one attached hydrogen (secondary N) is 1. The van der Waals surface area contributed by atoms with Gasteiger partial charge in [0.15, 0.2) is 0 Å². The summed E-state index contributed by atoms with van der Waals surface area (Å²) in [6.07, 6.45) is -0.562. The van der Waals surface area contributed by atoms with E-state index in [1.54, 1.807) is 30.3 Å². The van der Waals surface area contributed by atoms with Crippen LogP contribution in [0.15, 0.2) is 63.8 Å². The predicted octanol–water partition coefficient (Wildman–Crippen LogP) is 1.90. The van der Waals surface area contributed by atoms with E-state index in [9.17, 15) is 29.3 Å². The van der Waals surface area contributed by atoms with Gasteiger partial charge in [0.1, 0.15) is 17.6 Å². The predicted molar refractivity (Wildman–Crippen MR) is 115 cm³/mol. The minimum atomic E-state index is -1.04. The highest BCUT2D eigenvalue weighted by Crippen LogP contribution is 2.22. The van der Waals surface area contributed by atoms with Gasteiger partial charge in [0.05, 0.1) is 10.6 Å². The molecule has 0 spiro atoms. The summed E-state index contributed by atoms with van der Waals surface area (Å²) >= 11 is 5.23. The number of nitro groups is 1. The second kappa shape index (κ2) is 8.00. The Labute approximate surface area is 183 Å². The van der Waals surface area contributed by atoms with Crippen LogP contribution in [0.5, 0.6) is 0 Å². The number of nitro benzene ring substituents is 1. The highest BCUT2D eigenvalue weighted by molar-refractivity contribution is 7.80. The van der Waals surface area contributed by atoms with Crippen LogP contribution in [0.2, 0.25) is 0 Å². The number of para-hydroxylation sites is 1. The zero-order chi connectivity index (χ0) is 23.0. The second-order valence-electron chi connectivity index (χ2n) is 6.62. The molecule has 0 unspecified atom stereocenters. The maximum absolute atomic E-state index is 12.8. The van der Waals surface area contributed by atoms with Crippen molar-refractivity contribution in [3.05, 3.63) is 80.7 Å². The fourth-order valence-electron chi connectivity index (χ4n) is 3.09. The van der Waals surface area contributed by atoms with E-state index in [1.165, 1.54) is 6.07 Å². The minimum absolute atomic E-state index is 0.0440. The molecule has 1 aliphatic rings.